The molecule has 1 saturated heterocycles. The molecule has 1 atom stereocenters. The molecule has 1 unspecified atom stereocenters. The highest BCUT2D eigenvalue weighted by Gasteiger charge is 2.39. The topological polar surface area (TPSA) is 37.4 Å². The molecule has 1 aliphatic carbocycles. The van der Waals surface area contributed by atoms with Crippen LogP contribution in [0.5, 0.6) is 0 Å². The maximum absolute atomic E-state index is 12.6. The highest BCUT2D eigenvalue weighted by atomic mass is 16.2. The smallest absolute Gasteiger partial charge is 0.261 e. The van der Waals surface area contributed by atoms with Gasteiger partial charge in [0, 0.05) is 17.7 Å². The average molecular weight is 416 g/mol. The zero-order chi connectivity index (χ0) is 22.5. The van der Waals surface area contributed by atoms with E-state index in [-0.39, 0.29) is 17.7 Å². The summed E-state index contributed by atoms with van der Waals surface area (Å²) < 4.78 is 0. The van der Waals surface area contributed by atoms with Gasteiger partial charge in [-0.15, -0.1) is 0 Å². The Morgan fingerprint density at radius 3 is 2.42 bits per heavy atom. The summed E-state index contributed by atoms with van der Waals surface area (Å²) in [4.78, 5) is 26.7. The molecule has 1 heterocycles. The van der Waals surface area contributed by atoms with Gasteiger partial charge < -0.3 is 0 Å². The minimum absolute atomic E-state index is 0.124. The lowest BCUT2D eigenvalue weighted by molar-refractivity contribution is -0.137. The van der Waals surface area contributed by atoms with E-state index >= 15 is 0 Å². The summed E-state index contributed by atoms with van der Waals surface area (Å²) in [7, 11) is 0. The van der Waals surface area contributed by atoms with Crippen LogP contribution < -0.4 is 0 Å². The number of carbonyl (C=O) groups is 2. The van der Waals surface area contributed by atoms with E-state index in [1.54, 1.807) is 0 Å². The van der Waals surface area contributed by atoms with Gasteiger partial charge >= 0.3 is 0 Å². The molecule has 0 aromatic heterocycles. The molecule has 162 valence electrons. The second kappa shape index (κ2) is 9.91. The van der Waals surface area contributed by atoms with Crippen LogP contribution in [-0.2, 0) is 16.0 Å². The van der Waals surface area contributed by atoms with Crippen LogP contribution in [0.25, 0.3) is 5.57 Å². The van der Waals surface area contributed by atoms with Crippen LogP contribution in [-0.4, -0.2) is 23.3 Å². The summed E-state index contributed by atoms with van der Waals surface area (Å²) >= 11 is 0. The number of hydrogen-bond acceptors (Lipinski definition) is 2. The summed E-state index contributed by atoms with van der Waals surface area (Å²) in [5.41, 5.74) is 7.08. The van der Waals surface area contributed by atoms with Gasteiger partial charge in [0.1, 0.15) is 0 Å². The lowest BCUT2D eigenvalue weighted by Crippen LogP contribution is -2.33. The zero-order valence-corrected chi connectivity index (χ0v) is 19.2. The largest absolute Gasteiger partial charge is 0.274 e. The van der Waals surface area contributed by atoms with E-state index in [0.717, 1.165) is 42.4 Å². The number of nitrogens with zero attached hydrogens (tertiary/aromatic N) is 1. The first-order chi connectivity index (χ1) is 14.8. The summed E-state index contributed by atoms with van der Waals surface area (Å²) in [6.45, 7) is 13.1. The Morgan fingerprint density at radius 2 is 1.81 bits per heavy atom. The molecule has 3 rings (SSSR count). The summed E-state index contributed by atoms with van der Waals surface area (Å²) in [6.07, 6.45) is 13.4. The van der Waals surface area contributed by atoms with E-state index in [0.29, 0.717) is 17.7 Å². The van der Waals surface area contributed by atoms with Crippen LogP contribution in [0.1, 0.15) is 56.7 Å². The van der Waals surface area contributed by atoms with Crippen molar-refractivity contribution in [1.82, 2.24) is 4.90 Å². The lowest BCUT2D eigenvalue weighted by atomic mass is 9.92. The second-order valence-corrected chi connectivity index (χ2v) is 8.67. The van der Waals surface area contributed by atoms with Crippen LogP contribution in [0.4, 0.5) is 0 Å². The van der Waals surface area contributed by atoms with Crippen molar-refractivity contribution in [2.24, 2.45) is 5.92 Å². The molecular formula is C28H33NO2. The fourth-order valence-corrected chi connectivity index (χ4v) is 4.13. The number of imide groups is 1. The number of allylic oxidation sites excluding steroid dienone is 7. The van der Waals surface area contributed by atoms with Crippen LogP contribution >= 0.6 is 0 Å². The van der Waals surface area contributed by atoms with Crippen LogP contribution in [0.3, 0.4) is 0 Å². The van der Waals surface area contributed by atoms with Crippen molar-refractivity contribution in [2.45, 2.75) is 53.4 Å². The number of aryl methyl sites for hydroxylation is 2. The first-order valence-corrected chi connectivity index (χ1v) is 11.2. The number of rotatable bonds is 8. The third kappa shape index (κ3) is 5.04. The van der Waals surface area contributed by atoms with Crippen molar-refractivity contribution in [3.63, 3.8) is 0 Å². The third-order valence-corrected chi connectivity index (χ3v) is 6.22. The monoisotopic (exact) mass is 415 g/mol. The Morgan fingerprint density at radius 1 is 1.16 bits per heavy atom. The molecular weight excluding hydrogens is 382 g/mol. The van der Waals surface area contributed by atoms with Gasteiger partial charge in [0.15, 0.2) is 0 Å². The maximum Gasteiger partial charge on any atom is 0.261 e. The van der Waals surface area contributed by atoms with Gasteiger partial charge in [0.2, 0.25) is 0 Å². The first-order valence-electron chi connectivity index (χ1n) is 11.2. The van der Waals surface area contributed by atoms with Crippen molar-refractivity contribution >= 4 is 17.4 Å². The molecule has 0 saturated carbocycles. The first kappa shape index (κ1) is 22.7. The normalized spacial score (nSPS) is 17.7. The fraction of sp³-hybridized carbons (Fsp3) is 0.357. The number of hydrogen-bond donors (Lipinski definition) is 0. The quantitative estimate of drug-likeness (QED) is 0.379. The van der Waals surface area contributed by atoms with Crippen LogP contribution in [0, 0.1) is 12.8 Å². The predicted molar refractivity (Wildman–Crippen MR) is 128 cm³/mol. The van der Waals surface area contributed by atoms with Crippen LogP contribution in [0.15, 0.2) is 71.9 Å². The number of likely N-dealkylation sites (tertiary alicyclic amines) is 1. The van der Waals surface area contributed by atoms with Crippen molar-refractivity contribution in [2.75, 3.05) is 6.54 Å². The fourth-order valence-electron chi connectivity index (χ4n) is 4.13. The highest BCUT2D eigenvalue weighted by molar-refractivity contribution is 6.24. The highest BCUT2D eigenvalue weighted by Crippen LogP contribution is 2.31. The zero-order valence-electron chi connectivity index (χ0n) is 19.2. The third-order valence-electron chi connectivity index (χ3n) is 6.22. The van der Waals surface area contributed by atoms with Crippen molar-refractivity contribution in [3.8, 4) is 0 Å². The minimum Gasteiger partial charge on any atom is -0.274 e. The van der Waals surface area contributed by atoms with Crippen LogP contribution in [0.2, 0.25) is 0 Å². The summed E-state index contributed by atoms with van der Waals surface area (Å²) in [5, 5.41) is 0. The second-order valence-electron chi connectivity index (χ2n) is 8.67. The van der Waals surface area contributed by atoms with E-state index in [4.69, 9.17) is 0 Å². The standard InChI is InChI=1S/C28H33NO2/c1-6-7-10-20(3)22(5)24-16-14-21(4)23(17-24)15-13-19(2)18-29-27(30)25-11-8-9-12-26(25)28(29)31/h6-7,10-12,14,16-17,19H,5,8-9,13,15,18H2,1-4H3/b7-6-,20-10-. The van der Waals surface area contributed by atoms with Gasteiger partial charge in [-0.2, -0.15) is 0 Å². The molecule has 0 N–H and O–H groups in total. The molecule has 0 spiro atoms. The van der Waals surface area contributed by atoms with Crippen molar-refractivity contribution in [1.29, 1.82) is 0 Å². The lowest BCUT2D eigenvalue weighted by Gasteiger charge is -2.19. The molecule has 2 aliphatic rings. The summed E-state index contributed by atoms with van der Waals surface area (Å²) in [5.74, 6) is -0.0156. The molecule has 1 aliphatic heterocycles. The molecule has 3 nitrogen and oxygen atoms in total. The number of amides is 2. The van der Waals surface area contributed by atoms with Gasteiger partial charge in [0.25, 0.3) is 11.8 Å². The molecule has 1 fully saturated rings. The average Bonchev–Trinajstić information content (AvgIpc) is 3.01. The molecule has 1 aromatic carbocycles. The number of carbonyl (C=O) groups excluding carboxylic acids is 2. The molecule has 1 aromatic rings. The minimum atomic E-state index is -0.124. The number of benzene rings is 1. The van der Waals surface area contributed by atoms with E-state index in [1.807, 2.05) is 31.2 Å². The van der Waals surface area contributed by atoms with E-state index < -0.39 is 0 Å². The Kier molecular flexibility index (Phi) is 7.27. The van der Waals surface area contributed by atoms with Crippen molar-refractivity contribution < 1.29 is 9.59 Å². The molecule has 0 radical (unpaired) electrons. The molecule has 3 heteroatoms. The van der Waals surface area contributed by atoms with Gasteiger partial charge in [-0.25, -0.2) is 0 Å². The van der Waals surface area contributed by atoms with E-state index in [2.05, 4.69) is 51.6 Å². The Hall–Kier alpha value is -2.94. The van der Waals surface area contributed by atoms with Crippen molar-refractivity contribution in [3.05, 3.63) is 88.6 Å². The Balaban J connectivity index is 1.65. The predicted octanol–water partition coefficient (Wildman–Crippen LogP) is 6.11. The van der Waals surface area contributed by atoms with Gasteiger partial charge in [-0.1, -0.05) is 62.1 Å². The molecule has 2 amide bonds. The van der Waals surface area contributed by atoms with E-state index in [1.165, 1.54) is 16.0 Å². The van der Waals surface area contributed by atoms with Gasteiger partial charge in [-0.05, 0) is 80.2 Å². The van der Waals surface area contributed by atoms with E-state index in [9.17, 15) is 9.59 Å². The summed E-state index contributed by atoms with van der Waals surface area (Å²) in [6, 6.07) is 6.51. The van der Waals surface area contributed by atoms with Gasteiger partial charge in [0.05, 0.1) is 0 Å². The number of fused-ring (bicyclic) bond motifs is 1. The SMILES string of the molecule is C=C(/C(C)=C\C=C/C)c1ccc(C)c(CCC(C)CN2C(=O)C3=CCCC=C3C2=O)c1. The molecule has 0 bridgehead atoms. The van der Waals surface area contributed by atoms with Gasteiger partial charge in [-0.3, -0.25) is 14.5 Å². The maximum atomic E-state index is 12.6. The molecule has 31 heavy (non-hydrogen) atoms. The Bertz CT molecular complexity index is 987. The Labute approximate surface area is 186 Å².